The third-order valence-corrected chi connectivity index (χ3v) is 2.57. The molecule has 3 aromatic rings. The number of rotatable bonds is 4. The van der Waals surface area contributed by atoms with Crippen molar-refractivity contribution in [1.29, 1.82) is 0 Å². The van der Waals surface area contributed by atoms with E-state index in [4.69, 9.17) is 0 Å². The summed E-state index contributed by atoms with van der Waals surface area (Å²) in [6.45, 7) is 0.676. The van der Waals surface area contributed by atoms with Gasteiger partial charge in [-0.25, -0.2) is 14.6 Å². The van der Waals surface area contributed by atoms with Gasteiger partial charge in [-0.2, -0.15) is 5.10 Å². The molecule has 0 unspecified atom stereocenters. The van der Waals surface area contributed by atoms with Crippen LogP contribution in [0.15, 0.2) is 49.3 Å². The number of aromatic nitrogens is 5. The lowest BCUT2D eigenvalue weighted by Crippen LogP contribution is -2.01. The van der Waals surface area contributed by atoms with Gasteiger partial charge in [-0.3, -0.25) is 0 Å². The first-order chi connectivity index (χ1) is 8.92. The number of H-pyrrole nitrogens is 1. The van der Waals surface area contributed by atoms with Crippen LogP contribution < -0.4 is 5.32 Å². The Morgan fingerprint density at radius 2 is 2.11 bits per heavy atom. The third kappa shape index (κ3) is 2.22. The molecule has 0 fully saturated rings. The van der Waals surface area contributed by atoms with Crippen LogP contribution in [0.1, 0.15) is 5.82 Å². The topological polar surface area (TPSA) is 71.4 Å². The molecule has 0 saturated heterocycles. The van der Waals surface area contributed by atoms with E-state index >= 15 is 0 Å². The summed E-state index contributed by atoms with van der Waals surface area (Å²) in [4.78, 5) is 11.1. The molecule has 0 amide bonds. The first-order valence-electron chi connectivity index (χ1n) is 5.59. The standard InChI is InChI=1S/C12H12N6/c1-3-11(18-9-13-8-17-18)4-2-10(1)16-7-12-14-5-6-15-12/h1-6,8-9,16H,7H2,(H,14,15). The molecule has 0 bridgehead atoms. The number of nitrogens with zero attached hydrogens (tertiary/aromatic N) is 4. The predicted octanol–water partition coefficient (Wildman–Crippen LogP) is 1.60. The van der Waals surface area contributed by atoms with Crippen molar-refractivity contribution in [3.8, 4) is 5.69 Å². The van der Waals surface area contributed by atoms with Crippen LogP contribution in [-0.2, 0) is 6.54 Å². The van der Waals surface area contributed by atoms with Crippen molar-refractivity contribution in [2.45, 2.75) is 6.54 Å². The normalized spacial score (nSPS) is 10.4. The van der Waals surface area contributed by atoms with Crippen molar-refractivity contribution in [1.82, 2.24) is 24.7 Å². The third-order valence-electron chi connectivity index (χ3n) is 2.57. The van der Waals surface area contributed by atoms with E-state index in [2.05, 4.69) is 25.4 Å². The van der Waals surface area contributed by atoms with Crippen molar-refractivity contribution in [3.05, 3.63) is 55.1 Å². The number of hydrogen-bond donors (Lipinski definition) is 2. The number of hydrogen-bond acceptors (Lipinski definition) is 4. The lowest BCUT2D eigenvalue weighted by molar-refractivity contribution is 0.879. The van der Waals surface area contributed by atoms with Crippen LogP contribution in [0.2, 0.25) is 0 Å². The van der Waals surface area contributed by atoms with Gasteiger partial charge < -0.3 is 10.3 Å². The Kier molecular flexibility index (Phi) is 2.75. The molecule has 90 valence electrons. The van der Waals surface area contributed by atoms with Gasteiger partial charge in [0.25, 0.3) is 0 Å². The highest BCUT2D eigenvalue weighted by atomic mass is 15.3. The summed E-state index contributed by atoms with van der Waals surface area (Å²) < 4.78 is 1.72. The van der Waals surface area contributed by atoms with Crippen LogP contribution in [0.3, 0.4) is 0 Å². The monoisotopic (exact) mass is 240 g/mol. The molecule has 0 aliphatic rings. The van der Waals surface area contributed by atoms with Crippen molar-refractivity contribution < 1.29 is 0 Å². The smallest absolute Gasteiger partial charge is 0.138 e. The van der Waals surface area contributed by atoms with Crippen molar-refractivity contribution in [2.24, 2.45) is 0 Å². The predicted molar refractivity (Wildman–Crippen MR) is 67.3 cm³/mol. The zero-order chi connectivity index (χ0) is 12.2. The van der Waals surface area contributed by atoms with Gasteiger partial charge >= 0.3 is 0 Å². The van der Waals surface area contributed by atoms with E-state index in [1.165, 1.54) is 6.33 Å². The Bertz CT molecular complexity index is 582. The second-order valence-corrected chi connectivity index (χ2v) is 3.78. The van der Waals surface area contributed by atoms with E-state index in [9.17, 15) is 0 Å². The van der Waals surface area contributed by atoms with Crippen LogP contribution >= 0.6 is 0 Å². The summed E-state index contributed by atoms with van der Waals surface area (Å²) in [5, 5.41) is 7.35. The molecule has 18 heavy (non-hydrogen) atoms. The Hall–Kier alpha value is -2.63. The minimum Gasteiger partial charge on any atom is -0.378 e. The maximum Gasteiger partial charge on any atom is 0.138 e. The summed E-state index contributed by atoms with van der Waals surface area (Å²) in [5.41, 5.74) is 2.02. The zero-order valence-electron chi connectivity index (χ0n) is 9.61. The van der Waals surface area contributed by atoms with Crippen LogP contribution in [0.25, 0.3) is 5.69 Å². The lowest BCUT2D eigenvalue weighted by atomic mass is 10.3. The Labute approximate surface area is 104 Å². The quantitative estimate of drug-likeness (QED) is 0.726. The minimum absolute atomic E-state index is 0.676. The number of benzene rings is 1. The second-order valence-electron chi connectivity index (χ2n) is 3.78. The molecule has 6 nitrogen and oxygen atoms in total. The number of nitrogens with one attached hydrogen (secondary N) is 2. The van der Waals surface area contributed by atoms with Crippen LogP contribution in [0.4, 0.5) is 5.69 Å². The molecule has 1 aromatic carbocycles. The molecular formula is C12H12N6. The average Bonchev–Trinajstić information content (AvgIpc) is 3.10. The number of anilines is 1. The molecule has 3 rings (SSSR count). The van der Waals surface area contributed by atoms with E-state index in [-0.39, 0.29) is 0 Å². The Morgan fingerprint density at radius 1 is 1.22 bits per heavy atom. The van der Waals surface area contributed by atoms with Gasteiger partial charge in [-0.15, -0.1) is 0 Å². The SMILES string of the molecule is c1c[nH]c(CNc2ccc(-n3cncn3)cc2)n1. The fourth-order valence-electron chi connectivity index (χ4n) is 1.65. The summed E-state index contributed by atoms with van der Waals surface area (Å²) in [6, 6.07) is 7.97. The van der Waals surface area contributed by atoms with Gasteiger partial charge in [0.15, 0.2) is 0 Å². The molecule has 0 aliphatic heterocycles. The van der Waals surface area contributed by atoms with Crippen molar-refractivity contribution in [3.63, 3.8) is 0 Å². The molecule has 0 spiro atoms. The van der Waals surface area contributed by atoms with Crippen LogP contribution in [-0.4, -0.2) is 24.7 Å². The van der Waals surface area contributed by atoms with Gasteiger partial charge in [0.1, 0.15) is 18.5 Å². The largest absolute Gasteiger partial charge is 0.378 e. The molecule has 2 heterocycles. The maximum atomic E-state index is 4.15. The maximum absolute atomic E-state index is 4.15. The van der Waals surface area contributed by atoms with E-state index in [1.54, 1.807) is 17.2 Å². The van der Waals surface area contributed by atoms with Gasteiger partial charge in [0.2, 0.25) is 0 Å². The fourth-order valence-corrected chi connectivity index (χ4v) is 1.65. The first kappa shape index (κ1) is 10.5. The summed E-state index contributed by atoms with van der Waals surface area (Å²) in [5.74, 6) is 0.912. The number of imidazole rings is 1. The fraction of sp³-hybridized carbons (Fsp3) is 0.0833. The van der Waals surface area contributed by atoms with Crippen molar-refractivity contribution >= 4 is 5.69 Å². The molecule has 0 atom stereocenters. The molecule has 0 aliphatic carbocycles. The average molecular weight is 240 g/mol. The van der Waals surface area contributed by atoms with Crippen molar-refractivity contribution in [2.75, 3.05) is 5.32 Å². The first-order valence-corrected chi connectivity index (χ1v) is 5.59. The molecule has 2 N–H and O–H groups in total. The Balaban J connectivity index is 1.68. The van der Waals surface area contributed by atoms with Crippen LogP contribution in [0, 0.1) is 0 Å². The van der Waals surface area contributed by atoms with Gasteiger partial charge in [0, 0.05) is 18.1 Å². The second kappa shape index (κ2) is 4.70. The Morgan fingerprint density at radius 3 is 2.78 bits per heavy atom. The lowest BCUT2D eigenvalue weighted by Gasteiger charge is -2.05. The van der Waals surface area contributed by atoms with Gasteiger partial charge in [0.05, 0.1) is 12.2 Å². The summed E-state index contributed by atoms with van der Waals surface area (Å²) >= 11 is 0. The van der Waals surface area contributed by atoms with E-state index in [1.807, 2.05) is 30.5 Å². The van der Waals surface area contributed by atoms with E-state index < -0.39 is 0 Å². The van der Waals surface area contributed by atoms with Crippen LogP contribution in [0.5, 0.6) is 0 Å². The van der Waals surface area contributed by atoms with Gasteiger partial charge in [-0.1, -0.05) is 0 Å². The molecule has 0 radical (unpaired) electrons. The van der Waals surface area contributed by atoms with E-state index in [0.29, 0.717) is 6.54 Å². The highest BCUT2D eigenvalue weighted by Gasteiger charge is 1.98. The molecule has 2 aromatic heterocycles. The zero-order valence-corrected chi connectivity index (χ0v) is 9.61. The minimum atomic E-state index is 0.676. The highest BCUT2D eigenvalue weighted by Crippen LogP contribution is 2.12. The number of aromatic amines is 1. The molecule has 6 heteroatoms. The summed E-state index contributed by atoms with van der Waals surface area (Å²) in [7, 11) is 0. The molecular weight excluding hydrogens is 228 g/mol. The summed E-state index contributed by atoms with van der Waals surface area (Å²) in [6.07, 6.45) is 6.74. The highest BCUT2D eigenvalue weighted by molar-refractivity contribution is 5.48. The van der Waals surface area contributed by atoms with Gasteiger partial charge in [-0.05, 0) is 24.3 Å². The molecule has 0 saturated carbocycles. The van der Waals surface area contributed by atoms with E-state index in [0.717, 1.165) is 17.2 Å².